The molecular formula is C11H15Cl2NO. The molecular weight excluding hydrogens is 233 g/mol. The lowest BCUT2D eigenvalue weighted by Crippen LogP contribution is -2.18. The monoisotopic (exact) mass is 247 g/mol. The number of phenols is 1. The highest BCUT2D eigenvalue weighted by molar-refractivity contribution is 6.37. The van der Waals surface area contributed by atoms with E-state index in [2.05, 4.69) is 26.1 Å². The molecule has 0 aromatic heterocycles. The number of hydrogen-bond donors (Lipinski definition) is 2. The number of hydrogen-bond acceptors (Lipinski definition) is 2. The lowest BCUT2D eigenvalue weighted by Gasteiger charge is -2.20. The Hall–Kier alpha value is -0.600. The predicted octanol–water partition coefficient (Wildman–Crippen LogP) is 4.16. The third-order valence-corrected chi connectivity index (χ3v) is 2.42. The van der Waals surface area contributed by atoms with Crippen LogP contribution in [0, 0.1) is 5.41 Å². The molecule has 0 atom stereocenters. The first kappa shape index (κ1) is 12.5. The molecule has 0 aliphatic carbocycles. The van der Waals surface area contributed by atoms with Gasteiger partial charge in [-0.2, -0.15) is 0 Å². The van der Waals surface area contributed by atoms with E-state index in [4.69, 9.17) is 23.2 Å². The van der Waals surface area contributed by atoms with Crippen LogP contribution in [0.3, 0.4) is 0 Å². The van der Waals surface area contributed by atoms with Crippen molar-refractivity contribution >= 4 is 28.9 Å². The minimum atomic E-state index is -0.0698. The van der Waals surface area contributed by atoms with Crippen molar-refractivity contribution in [3.05, 3.63) is 22.2 Å². The Morgan fingerprint density at radius 1 is 1.20 bits per heavy atom. The summed E-state index contributed by atoms with van der Waals surface area (Å²) >= 11 is 11.6. The minimum Gasteiger partial charge on any atom is -0.505 e. The van der Waals surface area contributed by atoms with Crippen LogP contribution >= 0.6 is 23.2 Å². The Bertz CT molecular complexity index is 335. The summed E-state index contributed by atoms with van der Waals surface area (Å²) in [6.45, 7) is 7.20. The molecule has 0 aliphatic heterocycles. The summed E-state index contributed by atoms with van der Waals surface area (Å²) in [6, 6.07) is 3.32. The molecule has 0 radical (unpaired) electrons. The lowest BCUT2D eigenvalue weighted by atomic mass is 9.97. The van der Waals surface area contributed by atoms with Gasteiger partial charge in [-0.25, -0.2) is 0 Å². The summed E-state index contributed by atoms with van der Waals surface area (Å²) in [5.41, 5.74) is 0.995. The van der Waals surface area contributed by atoms with E-state index in [0.717, 1.165) is 12.2 Å². The SMILES string of the molecule is CC(C)(C)CNc1cc(Cl)c(O)c(Cl)c1. The molecule has 1 rings (SSSR count). The van der Waals surface area contributed by atoms with Crippen molar-refractivity contribution in [2.24, 2.45) is 5.41 Å². The zero-order valence-electron chi connectivity index (χ0n) is 9.06. The van der Waals surface area contributed by atoms with Crippen LogP contribution in [-0.4, -0.2) is 11.7 Å². The van der Waals surface area contributed by atoms with Crippen molar-refractivity contribution in [1.82, 2.24) is 0 Å². The summed E-state index contributed by atoms with van der Waals surface area (Å²) in [5.74, 6) is -0.0698. The number of anilines is 1. The van der Waals surface area contributed by atoms with Gasteiger partial charge in [0.15, 0.2) is 5.75 Å². The van der Waals surface area contributed by atoms with Crippen LogP contribution in [0.1, 0.15) is 20.8 Å². The first-order valence-electron chi connectivity index (χ1n) is 4.71. The molecule has 4 heteroatoms. The Morgan fingerprint density at radius 2 is 1.67 bits per heavy atom. The van der Waals surface area contributed by atoms with E-state index >= 15 is 0 Å². The highest BCUT2D eigenvalue weighted by Gasteiger charge is 2.11. The van der Waals surface area contributed by atoms with Crippen molar-refractivity contribution in [2.45, 2.75) is 20.8 Å². The number of rotatable bonds is 2. The molecule has 0 amide bonds. The van der Waals surface area contributed by atoms with Crippen LogP contribution in [0.25, 0.3) is 0 Å². The van der Waals surface area contributed by atoms with Gasteiger partial charge in [0.25, 0.3) is 0 Å². The van der Waals surface area contributed by atoms with Gasteiger partial charge in [0.2, 0.25) is 0 Å². The molecule has 0 spiro atoms. The van der Waals surface area contributed by atoms with Gasteiger partial charge in [0.05, 0.1) is 10.0 Å². The molecule has 15 heavy (non-hydrogen) atoms. The van der Waals surface area contributed by atoms with E-state index in [0.29, 0.717) is 0 Å². The molecule has 0 aliphatic rings. The second kappa shape index (κ2) is 4.50. The van der Waals surface area contributed by atoms with Crippen molar-refractivity contribution in [3.8, 4) is 5.75 Å². The molecule has 0 saturated carbocycles. The topological polar surface area (TPSA) is 32.3 Å². The van der Waals surface area contributed by atoms with E-state index in [1.165, 1.54) is 0 Å². The highest BCUT2D eigenvalue weighted by atomic mass is 35.5. The molecule has 84 valence electrons. The lowest BCUT2D eigenvalue weighted by molar-refractivity contribution is 0.443. The smallest absolute Gasteiger partial charge is 0.152 e. The fourth-order valence-electron chi connectivity index (χ4n) is 1.03. The molecule has 1 aromatic carbocycles. The largest absolute Gasteiger partial charge is 0.505 e. The summed E-state index contributed by atoms with van der Waals surface area (Å²) in [6.07, 6.45) is 0. The van der Waals surface area contributed by atoms with Crippen molar-refractivity contribution < 1.29 is 5.11 Å². The maximum Gasteiger partial charge on any atom is 0.152 e. The van der Waals surface area contributed by atoms with Crippen LogP contribution in [0.15, 0.2) is 12.1 Å². The zero-order valence-corrected chi connectivity index (χ0v) is 10.6. The zero-order chi connectivity index (χ0) is 11.6. The normalized spacial score (nSPS) is 11.5. The third-order valence-electron chi connectivity index (χ3n) is 1.84. The van der Waals surface area contributed by atoms with Crippen LogP contribution in [-0.2, 0) is 0 Å². The van der Waals surface area contributed by atoms with Gasteiger partial charge in [-0.1, -0.05) is 44.0 Å². The standard InChI is InChI=1S/C11H15Cl2NO/c1-11(2,3)6-14-7-4-8(12)10(15)9(13)5-7/h4-5,14-15H,6H2,1-3H3. The van der Waals surface area contributed by atoms with Gasteiger partial charge < -0.3 is 10.4 Å². The minimum absolute atomic E-state index is 0.0698. The molecule has 2 N–H and O–H groups in total. The van der Waals surface area contributed by atoms with Gasteiger partial charge in [-0.15, -0.1) is 0 Å². The molecule has 0 saturated heterocycles. The Balaban J connectivity index is 2.80. The first-order valence-corrected chi connectivity index (χ1v) is 5.47. The fourth-order valence-corrected chi connectivity index (χ4v) is 1.52. The summed E-state index contributed by atoms with van der Waals surface area (Å²) in [5, 5.41) is 13.1. The van der Waals surface area contributed by atoms with E-state index in [1.807, 2.05) is 0 Å². The summed E-state index contributed by atoms with van der Waals surface area (Å²) < 4.78 is 0. The number of aromatic hydroxyl groups is 1. The average Bonchev–Trinajstić information content (AvgIpc) is 2.09. The van der Waals surface area contributed by atoms with Gasteiger partial charge in [-0.3, -0.25) is 0 Å². The molecule has 0 fully saturated rings. The fraction of sp³-hybridized carbons (Fsp3) is 0.455. The van der Waals surface area contributed by atoms with E-state index in [9.17, 15) is 5.11 Å². The Labute approximate surface area is 100 Å². The molecule has 0 unspecified atom stereocenters. The first-order chi connectivity index (χ1) is 6.79. The molecule has 0 heterocycles. The second-order valence-corrected chi connectivity index (χ2v) is 5.52. The second-order valence-electron chi connectivity index (χ2n) is 4.70. The Kier molecular flexibility index (Phi) is 3.74. The van der Waals surface area contributed by atoms with Crippen molar-refractivity contribution in [2.75, 3.05) is 11.9 Å². The molecule has 0 bridgehead atoms. The van der Waals surface area contributed by atoms with Crippen molar-refractivity contribution in [3.63, 3.8) is 0 Å². The predicted molar refractivity (Wildman–Crippen MR) is 66.1 cm³/mol. The van der Waals surface area contributed by atoms with E-state index in [1.54, 1.807) is 12.1 Å². The number of phenolic OH excluding ortho intramolecular Hbond substituents is 1. The van der Waals surface area contributed by atoms with E-state index < -0.39 is 0 Å². The summed E-state index contributed by atoms with van der Waals surface area (Å²) in [4.78, 5) is 0. The Morgan fingerprint density at radius 3 is 2.07 bits per heavy atom. The average molecular weight is 248 g/mol. The van der Waals surface area contributed by atoms with Gasteiger partial charge in [0.1, 0.15) is 0 Å². The number of benzene rings is 1. The summed E-state index contributed by atoms with van der Waals surface area (Å²) in [7, 11) is 0. The van der Waals surface area contributed by atoms with Gasteiger partial charge in [-0.05, 0) is 17.5 Å². The number of nitrogens with one attached hydrogen (secondary N) is 1. The highest BCUT2D eigenvalue weighted by Crippen LogP contribution is 2.34. The maximum absolute atomic E-state index is 9.37. The number of halogens is 2. The van der Waals surface area contributed by atoms with Crippen LogP contribution in [0.4, 0.5) is 5.69 Å². The van der Waals surface area contributed by atoms with Gasteiger partial charge in [0, 0.05) is 12.2 Å². The molecule has 2 nitrogen and oxygen atoms in total. The van der Waals surface area contributed by atoms with E-state index in [-0.39, 0.29) is 21.2 Å². The van der Waals surface area contributed by atoms with Gasteiger partial charge >= 0.3 is 0 Å². The van der Waals surface area contributed by atoms with Crippen LogP contribution in [0.2, 0.25) is 10.0 Å². The van der Waals surface area contributed by atoms with Crippen molar-refractivity contribution in [1.29, 1.82) is 0 Å². The maximum atomic E-state index is 9.37. The third kappa shape index (κ3) is 3.80. The van der Waals surface area contributed by atoms with Crippen LogP contribution in [0.5, 0.6) is 5.75 Å². The van der Waals surface area contributed by atoms with Crippen LogP contribution < -0.4 is 5.32 Å². The molecule has 1 aromatic rings. The quantitative estimate of drug-likeness (QED) is 0.770.